The molecule has 2 N–H and O–H groups in total. The minimum atomic E-state index is -0.376. The Bertz CT molecular complexity index is 812. The second kappa shape index (κ2) is 5.59. The SMILES string of the molecule is N#Cc1c(N)sc2c1CCN(c1ccc(Br)cc1[N+](=O)[O-])C2. The molecule has 1 aliphatic heterocycles. The first-order valence-electron chi connectivity index (χ1n) is 6.50. The van der Waals surface area contributed by atoms with E-state index in [2.05, 4.69) is 22.0 Å². The van der Waals surface area contributed by atoms with Gasteiger partial charge in [0.05, 0.1) is 17.0 Å². The Labute approximate surface area is 139 Å². The van der Waals surface area contributed by atoms with Crippen LogP contribution in [-0.4, -0.2) is 11.5 Å². The van der Waals surface area contributed by atoms with E-state index in [1.165, 1.54) is 17.4 Å². The number of nitro benzene ring substituents is 1. The Morgan fingerprint density at radius 3 is 2.95 bits per heavy atom. The van der Waals surface area contributed by atoms with Crippen molar-refractivity contribution in [3.05, 3.63) is 48.8 Å². The molecule has 1 aromatic carbocycles. The number of fused-ring (bicyclic) bond motifs is 1. The van der Waals surface area contributed by atoms with Gasteiger partial charge in [-0.15, -0.1) is 11.3 Å². The number of hydrogen-bond acceptors (Lipinski definition) is 6. The van der Waals surface area contributed by atoms with E-state index in [0.29, 0.717) is 40.2 Å². The van der Waals surface area contributed by atoms with E-state index in [-0.39, 0.29) is 10.6 Å². The molecule has 6 nitrogen and oxygen atoms in total. The molecule has 22 heavy (non-hydrogen) atoms. The fourth-order valence-corrected chi connectivity index (χ4v) is 4.10. The lowest BCUT2D eigenvalue weighted by atomic mass is 10.0. The molecule has 0 radical (unpaired) electrons. The van der Waals surface area contributed by atoms with Gasteiger partial charge in [0.1, 0.15) is 16.8 Å². The van der Waals surface area contributed by atoms with E-state index >= 15 is 0 Å². The number of halogens is 1. The van der Waals surface area contributed by atoms with Gasteiger partial charge in [0.2, 0.25) is 0 Å². The molecule has 0 fully saturated rings. The molecule has 112 valence electrons. The number of nitrogens with zero attached hydrogens (tertiary/aromatic N) is 3. The van der Waals surface area contributed by atoms with Gasteiger partial charge in [-0.25, -0.2) is 0 Å². The summed E-state index contributed by atoms with van der Waals surface area (Å²) in [4.78, 5) is 13.9. The lowest BCUT2D eigenvalue weighted by Gasteiger charge is -2.28. The summed E-state index contributed by atoms with van der Waals surface area (Å²) >= 11 is 4.65. The number of nitriles is 1. The average Bonchev–Trinajstić information content (AvgIpc) is 2.81. The number of hydrogen-bond donors (Lipinski definition) is 1. The van der Waals surface area contributed by atoms with Crippen molar-refractivity contribution in [1.29, 1.82) is 5.26 Å². The second-order valence-corrected chi connectivity index (χ2v) is 6.97. The van der Waals surface area contributed by atoms with E-state index in [9.17, 15) is 10.1 Å². The maximum Gasteiger partial charge on any atom is 0.293 e. The molecule has 1 aliphatic rings. The summed E-state index contributed by atoms with van der Waals surface area (Å²) in [5.41, 5.74) is 8.08. The van der Waals surface area contributed by atoms with E-state index < -0.39 is 0 Å². The molecular weight excluding hydrogens is 368 g/mol. The highest BCUT2D eigenvalue weighted by Gasteiger charge is 2.27. The predicted molar refractivity (Wildman–Crippen MR) is 89.0 cm³/mol. The van der Waals surface area contributed by atoms with Gasteiger partial charge < -0.3 is 10.6 Å². The number of nitrogens with two attached hydrogens (primary N) is 1. The number of nitrogen functional groups attached to an aromatic ring is 1. The fourth-order valence-electron chi connectivity index (χ4n) is 2.66. The van der Waals surface area contributed by atoms with Crippen molar-refractivity contribution >= 4 is 43.6 Å². The van der Waals surface area contributed by atoms with Crippen LogP contribution in [0.1, 0.15) is 16.0 Å². The van der Waals surface area contributed by atoms with E-state index in [1.807, 2.05) is 4.90 Å². The average molecular weight is 379 g/mol. The Morgan fingerprint density at radius 2 is 2.27 bits per heavy atom. The molecule has 0 unspecified atom stereocenters. The first kappa shape index (κ1) is 14.8. The van der Waals surface area contributed by atoms with Crippen LogP contribution < -0.4 is 10.6 Å². The van der Waals surface area contributed by atoms with Crippen LogP contribution in [0.15, 0.2) is 22.7 Å². The van der Waals surface area contributed by atoms with Crippen molar-refractivity contribution < 1.29 is 4.92 Å². The third kappa shape index (κ3) is 2.42. The van der Waals surface area contributed by atoms with Crippen LogP contribution in [0.5, 0.6) is 0 Å². The van der Waals surface area contributed by atoms with E-state index in [1.54, 1.807) is 12.1 Å². The first-order chi connectivity index (χ1) is 10.5. The quantitative estimate of drug-likeness (QED) is 0.637. The smallest absolute Gasteiger partial charge is 0.293 e. The Balaban J connectivity index is 1.99. The molecule has 0 bridgehead atoms. The topological polar surface area (TPSA) is 96.2 Å². The lowest BCUT2D eigenvalue weighted by molar-refractivity contribution is -0.384. The zero-order chi connectivity index (χ0) is 15.9. The lowest BCUT2D eigenvalue weighted by Crippen LogP contribution is -2.30. The number of thiophene rings is 1. The first-order valence-corrected chi connectivity index (χ1v) is 8.11. The van der Waals surface area contributed by atoms with E-state index in [4.69, 9.17) is 11.0 Å². The summed E-state index contributed by atoms with van der Waals surface area (Å²) in [5.74, 6) is 0. The fraction of sp³-hybridized carbons (Fsp3) is 0.214. The van der Waals surface area contributed by atoms with Crippen molar-refractivity contribution in [3.63, 3.8) is 0 Å². The molecule has 8 heteroatoms. The summed E-state index contributed by atoms with van der Waals surface area (Å²) in [6.45, 7) is 1.16. The third-order valence-electron chi connectivity index (χ3n) is 3.67. The molecule has 2 aromatic rings. The summed E-state index contributed by atoms with van der Waals surface area (Å²) in [6, 6.07) is 7.19. The Kier molecular flexibility index (Phi) is 3.76. The molecule has 1 aromatic heterocycles. The largest absolute Gasteiger partial charge is 0.389 e. The minimum Gasteiger partial charge on any atom is -0.389 e. The number of nitro groups is 1. The molecule has 0 saturated heterocycles. The highest BCUT2D eigenvalue weighted by Crippen LogP contribution is 2.39. The van der Waals surface area contributed by atoms with Crippen LogP contribution in [0.2, 0.25) is 0 Å². The second-order valence-electron chi connectivity index (χ2n) is 4.92. The van der Waals surface area contributed by atoms with Gasteiger partial charge in [0, 0.05) is 22.0 Å². The Hall–Kier alpha value is -2.11. The Morgan fingerprint density at radius 1 is 1.50 bits per heavy atom. The van der Waals surface area contributed by atoms with Crippen LogP contribution in [0.25, 0.3) is 0 Å². The number of benzene rings is 1. The third-order valence-corrected chi connectivity index (χ3v) is 5.21. The van der Waals surface area contributed by atoms with Gasteiger partial charge in [-0.1, -0.05) is 15.9 Å². The summed E-state index contributed by atoms with van der Waals surface area (Å²) in [7, 11) is 0. The minimum absolute atomic E-state index is 0.0721. The standard InChI is InChI=1S/C14H11BrN4O2S/c15-8-1-2-11(12(5-8)19(20)21)18-4-3-9-10(6-16)14(17)22-13(9)7-18/h1-2,5H,3-4,7,17H2. The number of anilines is 2. The predicted octanol–water partition coefficient (Wildman–Crippen LogP) is 3.44. The maximum atomic E-state index is 11.3. The van der Waals surface area contributed by atoms with Crippen LogP contribution in [-0.2, 0) is 13.0 Å². The molecule has 2 heterocycles. The molecule has 0 spiro atoms. The number of rotatable bonds is 2. The van der Waals surface area contributed by atoms with Crippen LogP contribution in [0.3, 0.4) is 0 Å². The van der Waals surface area contributed by atoms with Crippen molar-refractivity contribution in [2.45, 2.75) is 13.0 Å². The molecule has 0 saturated carbocycles. The van der Waals surface area contributed by atoms with Crippen molar-refractivity contribution in [1.82, 2.24) is 0 Å². The van der Waals surface area contributed by atoms with E-state index in [0.717, 1.165) is 10.4 Å². The zero-order valence-electron chi connectivity index (χ0n) is 11.4. The summed E-state index contributed by atoms with van der Waals surface area (Å²) < 4.78 is 0.674. The molecule has 0 atom stereocenters. The van der Waals surface area contributed by atoms with Gasteiger partial charge in [-0.05, 0) is 24.1 Å². The normalized spacial score (nSPS) is 13.5. The van der Waals surface area contributed by atoms with Crippen LogP contribution in [0, 0.1) is 21.4 Å². The molecular formula is C14H11BrN4O2S. The van der Waals surface area contributed by atoms with Crippen molar-refractivity contribution in [2.24, 2.45) is 0 Å². The van der Waals surface area contributed by atoms with Crippen LogP contribution in [0.4, 0.5) is 16.4 Å². The van der Waals surface area contributed by atoms with Crippen LogP contribution >= 0.6 is 27.3 Å². The molecule has 0 amide bonds. The molecule has 0 aliphatic carbocycles. The van der Waals surface area contributed by atoms with Crippen molar-refractivity contribution in [3.8, 4) is 6.07 Å². The van der Waals surface area contributed by atoms with Gasteiger partial charge >= 0.3 is 0 Å². The van der Waals surface area contributed by atoms with Gasteiger partial charge in [0.15, 0.2) is 0 Å². The van der Waals surface area contributed by atoms with Gasteiger partial charge in [-0.3, -0.25) is 10.1 Å². The highest BCUT2D eigenvalue weighted by molar-refractivity contribution is 9.10. The van der Waals surface area contributed by atoms with Gasteiger partial charge in [0.25, 0.3) is 5.69 Å². The summed E-state index contributed by atoms with van der Waals surface area (Å²) in [6.07, 6.45) is 0.666. The maximum absolute atomic E-state index is 11.3. The zero-order valence-corrected chi connectivity index (χ0v) is 13.8. The highest BCUT2D eigenvalue weighted by atomic mass is 79.9. The summed E-state index contributed by atoms with van der Waals surface area (Å²) in [5, 5.41) is 21.0. The molecule has 3 rings (SSSR count). The monoisotopic (exact) mass is 378 g/mol. The van der Waals surface area contributed by atoms with Gasteiger partial charge in [-0.2, -0.15) is 5.26 Å². The van der Waals surface area contributed by atoms with Crippen molar-refractivity contribution in [2.75, 3.05) is 17.2 Å².